The minimum atomic E-state index is 0.407. The van der Waals surface area contributed by atoms with Gasteiger partial charge in [0.2, 0.25) is 0 Å². The number of aromatic nitrogens is 2. The molecule has 6 rings (SSSR count). The Morgan fingerprint density at radius 2 is 2.09 bits per heavy atom. The second-order valence-electron chi connectivity index (χ2n) is 9.55. The van der Waals surface area contributed by atoms with Crippen molar-refractivity contribution in [2.45, 2.75) is 44.4 Å². The van der Waals surface area contributed by atoms with Crippen LogP contribution in [0.1, 0.15) is 30.2 Å². The zero-order chi connectivity index (χ0) is 22.4. The van der Waals surface area contributed by atoms with E-state index in [1.165, 1.54) is 16.9 Å². The molecule has 7 nitrogen and oxygen atoms in total. The first kappa shape index (κ1) is 20.4. The van der Waals surface area contributed by atoms with E-state index < -0.39 is 0 Å². The number of nitrogens with one attached hydrogen (secondary N) is 2. The van der Waals surface area contributed by atoms with Crippen molar-refractivity contribution in [1.29, 1.82) is 5.26 Å². The van der Waals surface area contributed by atoms with Crippen molar-refractivity contribution in [1.82, 2.24) is 20.2 Å². The van der Waals surface area contributed by atoms with Crippen LogP contribution in [0.5, 0.6) is 0 Å². The van der Waals surface area contributed by atoms with Crippen LogP contribution in [0.25, 0.3) is 10.9 Å². The molecule has 0 bridgehead atoms. The summed E-state index contributed by atoms with van der Waals surface area (Å²) in [5, 5.41) is 17.7. The number of hydrogen-bond donors (Lipinski definition) is 2. The fourth-order valence-electron chi connectivity index (χ4n) is 5.87. The summed E-state index contributed by atoms with van der Waals surface area (Å²) in [7, 11) is 0. The molecule has 1 aromatic carbocycles. The molecule has 2 N–H and O–H groups in total. The third-order valence-corrected chi connectivity index (χ3v) is 7.42. The second kappa shape index (κ2) is 8.29. The van der Waals surface area contributed by atoms with Crippen LogP contribution in [0.15, 0.2) is 42.6 Å². The Labute approximate surface area is 194 Å². The predicted molar refractivity (Wildman–Crippen MR) is 130 cm³/mol. The van der Waals surface area contributed by atoms with Crippen LogP contribution in [0.3, 0.4) is 0 Å². The lowest BCUT2D eigenvalue weighted by Crippen LogP contribution is -2.55. The van der Waals surface area contributed by atoms with Gasteiger partial charge in [0.15, 0.2) is 0 Å². The molecule has 0 aliphatic carbocycles. The highest BCUT2D eigenvalue weighted by Crippen LogP contribution is 2.34. The Balaban J connectivity index is 1.21. The molecule has 0 saturated carbocycles. The highest BCUT2D eigenvalue weighted by molar-refractivity contribution is 5.95. The van der Waals surface area contributed by atoms with Crippen molar-refractivity contribution in [2.75, 3.05) is 36.4 Å². The zero-order valence-electron chi connectivity index (χ0n) is 19.0. The monoisotopic (exact) mass is 439 g/mol. The summed E-state index contributed by atoms with van der Waals surface area (Å²) in [6.07, 6.45) is 3.88. The van der Waals surface area contributed by atoms with Crippen LogP contribution >= 0.6 is 0 Å². The molecule has 3 aliphatic heterocycles. The molecule has 3 atom stereocenters. The summed E-state index contributed by atoms with van der Waals surface area (Å²) in [5.41, 5.74) is 5.18. The van der Waals surface area contributed by atoms with Gasteiger partial charge in [0.25, 0.3) is 0 Å². The quantitative estimate of drug-likeness (QED) is 0.650. The van der Waals surface area contributed by atoms with Gasteiger partial charge in [-0.1, -0.05) is 6.07 Å². The maximum atomic E-state index is 9.49. The van der Waals surface area contributed by atoms with Gasteiger partial charge in [-0.25, -0.2) is 4.98 Å². The number of anilines is 2. The molecule has 3 aromatic rings. The smallest absolute Gasteiger partial charge is 0.126 e. The van der Waals surface area contributed by atoms with Gasteiger partial charge in [-0.3, -0.25) is 9.88 Å². The normalized spacial score (nSPS) is 24.8. The molecule has 5 heterocycles. The molecule has 2 fully saturated rings. The van der Waals surface area contributed by atoms with Crippen molar-refractivity contribution in [3.8, 4) is 6.07 Å². The van der Waals surface area contributed by atoms with E-state index in [4.69, 9.17) is 4.98 Å². The first-order chi connectivity index (χ1) is 16.2. The summed E-state index contributed by atoms with van der Waals surface area (Å²) < 4.78 is 0. The van der Waals surface area contributed by atoms with Gasteiger partial charge >= 0.3 is 0 Å². The molecule has 0 radical (unpaired) electrons. The topological polar surface area (TPSA) is 80.1 Å². The number of rotatable bonds is 3. The molecular weight excluding hydrogens is 410 g/mol. The number of piperazine rings is 1. The van der Waals surface area contributed by atoms with Crippen LogP contribution < -0.4 is 15.5 Å². The molecule has 33 heavy (non-hydrogen) atoms. The summed E-state index contributed by atoms with van der Waals surface area (Å²) in [6.45, 7) is 7.28. The van der Waals surface area contributed by atoms with Gasteiger partial charge in [0.1, 0.15) is 11.9 Å². The van der Waals surface area contributed by atoms with E-state index in [2.05, 4.69) is 62.7 Å². The minimum absolute atomic E-state index is 0.407. The number of hydrogen-bond acceptors (Lipinski definition) is 7. The van der Waals surface area contributed by atoms with Gasteiger partial charge in [-0.05, 0) is 49.2 Å². The average Bonchev–Trinajstić information content (AvgIpc) is 3.26. The van der Waals surface area contributed by atoms with E-state index in [9.17, 15) is 5.26 Å². The van der Waals surface area contributed by atoms with E-state index >= 15 is 0 Å². The van der Waals surface area contributed by atoms with E-state index in [0.29, 0.717) is 23.7 Å². The molecule has 3 aliphatic rings. The van der Waals surface area contributed by atoms with Crippen molar-refractivity contribution in [2.24, 2.45) is 0 Å². The van der Waals surface area contributed by atoms with E-state index in [0.717, 1.165) is 62.3 Å². The number of benzene rings is 1. The first-order valence-electron chi connectivity index (χ1n) is 11.9. The molecular formula is C26H29N7. The highest BCUT2D eigenvalue weighted by Gasteiger charge is 2.40. The predicted octanol–water partition coefficient (Wildman–Crippen LogP) is 2.91. The van der Waals surface area contributed by atoms with Gasteiger partial charge in [0.05, 0.1) is 11.1 Å². The van der Waals surface area contributed by atoms with Crippen LogP contribution in [-0.4, -0.2) is 59.2 Å². The lowest BCUT2D eigenvalue weighted by molar-refractivity contribution is 0.166. The Morgan fingerprint density at radius 3 is 3.00 bits per heavy atom. The summed E-state index contributed by atoms with van der Waals surface area (Å²) in [4.78, 5) is 14.6. The van der Waals surface area contributed by atoms with Crippen molar-refractivity contribution in [3.63, 3.8) is 0 Å². The summed E-state index contributed by atoms with van der Waals surface area (Å²) >= 11 is 0. The van der Waals surface area contributed by atoms with Crippen LogP contribution in [0, 0.1) is 11.3 Å². The number of pyridine rings is 2. The third-order valence-electron chi connectivity index (χ3n) is 7.42. The van der Waals surface area contributed by atoms with E-state index in [1.54, 1.807) is 6.20 Å². The standard InChI is InChI=1S/C26H29N7/c1-17-14-32(24-6-4-18(12-27)26-22(24)3-2-9-29-26)16-21-11-20(15-33(17)21)30-25-7-5-19-13-28-10-8-23(19)31-25/h2-7,9,17,20-21,28H,8,10-11,13-16H2,1H3,(H,30,31)/t17-,20-,21+/m1/s1. The van der Waals surface area contributed by atoms with E-state index in [1.807, 2.05) is 12.1 Å². The number of fused-ring (bicyclic) bond motifs is 3. The molecule has 7 heteroatoms. The fraction of sp³-hybridized carbons (Fsp3) is 0.423. The summed E-state index contributed by atoms with van der Waals surface area (Å²) in [6, 6.07) is 16.1. The number of nitrogens with zero attached hydrogens (tertiary/aromatic N) is 5. The Bertz CT molecular complexity index is 1230. The van der Waals surface area contributed by atoms with Gasteiger partial charge in [-0.15, -0.1) is 0 Å². The van der Waals surface area contributed by atoms with Crippen LogP contribution in [0.2, 0.25) is 0 Å². The van der Waals surface area contributed by atoms with Crippen LogP contribution in [0.4, 0.5) is 11.5 Å². The maximum Gasteiger partial charge on any atom is 0.126 e. The van der Waals surface area contributed by atoms with Crippen molar-refractivity contribution in [3.05, 3.63) is 59.4 Å². The lowest BCUT2D eigenvalue weighted by atomic mass is 10.0. The van der Waals surface area contributed by atoms with Gasteiger partial charge < -0.3 is 15.5 Å². The van der Waals surface area contributed by atoms with Crippen molar-refractivity contribution < 1.29 is 0 Å². The Hall–Kier alpha value is -3.21. The molecule has 0 unspecified atom stereocenters. The van der Waals surface area contributed by atoms with Crippen molar-refractivity contribution >= 4 is 22.4 Å². The molecule has 2 saturated heterocycles. The second-order valence-corrected chi connectivity index (χ2v) is 9.55. The average molecular weight is 440 g/mol. The Kier molecular flexibility index (Phi) is 5.12. The van der Waals surface area contributed by atoms with Crippen LogP contribution in [-0.2, 0) is 13.0 Å². The van der Waals surface area contributed by atoms with E-state index in [-0.39, 0.29) is 0 Å². The van der Waals surface area contributed by atoms with Gasteiger partial charge in [0, 0.05) is 80.2 Å². The number of nitriles is 1. The fourth-order valence-corrected chi connectivity index (χ4v) is 5.87. The summed E-state index contributed by atoms with van der Waals surface area (Å²) in [5.74, 6) is 1.01. The lowest BCUT2D eigenvalue weighted by Gasteiger charge is -2.43. The maximum absolute atomic E-state index is 9.49. The first-order valence-corrected chi connectivity index (χ1v) is 11.9. The largest absolute Gasteiger partial charge is 0.368 e. The third kappa shape index (κ3) is 3.69. The molecule has 0 amide bonds. The zero-order valence-corrected chi connectivity index (χ0v) is 19.0. The SMILES string of the molecule is C[C@@H]1CN(c2ccc(C#N)c3ncccc23)C[C@@H]2C[C@@H](Nc3ccc4c(n3)CCNC4)CN21. The highest BCUT2D eigenvalue weighted by atomic mass is 15.3. The molecule has 2 aromatic heterocycles. The Morgan fingerprint density at radius 1 is 1.15 bits per heavy atom. The minimum Gasteiger partial charge on any atom is -0.368 e. The molecule has 168 valence electrons. The van der Waals surface area contributed by atoms with Gasteiger partial charge in [-0.2, -0.15) is 5.26 Å². The molecule has 0 spiro atoms.